The van der Waals surface area contributed by atoms with Crippen molar-refractivity contribution in [2.45, 2.75) is 90.5 Å². The van der Waals surface area contributed by atoms with E-state index in [1.807, 2.05) is 48.5 Å². The van der Waals surface area contributed by atoms with Gasteiger partial charge in [0, 0.05) is 11.1 Å². The molecule has 4 nitrogen and oxygen atoms in total. The average molecular weight is 271 g/mol. The van der Waals surface area contributed by atoms with E-state index in [9.17, 15) is 9.90 Å². The Morgan fingerprint density at radius 2 is 1.68 bits per heavy atom. The standard InChI is InChI=1S/C15H29NO3/c1-8-15(6,7)19-12(18)16-13(2,3)9-11(17)10-14(16,4)5/h11,17H,8-10H2,1-7H3. The molecule has 1 N–H and O–H groups in total. The van der Waals surface area contributed by atoms with Gasteiger partial charge in [-0.1, -0.05) is 6.92 Å². The van der Waals surface area contributed by atoms with E-state index in [-0.39, 0.29) is 12.2 Å². The summed E-state index contributed by atoms with van der Waals surface area (Å²) in [5.74, 6) is 0. The van der Waals surface area contributed by atoms with E-state index >= 15 is 0 Å². The monoisotopic (exact) mass is 271 g/mol. The smallest absolute Gasteiger partial charge is 0.411 e. The normalized spacial score (nSPS) is 23.3. The molecule has 1 rings (SSSR count). The third-order valence-electron chi connectivity index (χ3n) is 4.08. The van der Waals surface area contributed by atoms with E-state index in [1.54, 1.807) is 4.90 Å². The molecule has 0 spiro atoms. The first kappa shape index (κ1) is 16.3. The minimum absolute atomic E-state index is 0.284. The zero-order chi connectivity index (χ0) is 15.1. The van der Waals surface area contributed by atoms with Crippen molar-refractivity contribution < 1.29 is 14.6 Å². The maximum atomic E-state index is 12.5. The van der Waals surface area contributed by atoms with Crippen LogP contribution < -0.4 is 0 Å². The van der Waals surface area contributed by atoms with Crippen LogP contribution in [0, 0.1) is 0 Å². The first-order valence-corrected chi connectivity index (χ1v) is 7.13. The van der Waals surface area contributed by atoms with Crippen molar-refractivity contribution in [3.63, 3.8) is 0 Å². The largest absolute Gasteiger partial charge is 0.443 e. The molecule has 1 amide bonds. The van der Waals surface area contributed by atoms with E-state index in [4.69, 9.17) is 4.74 Å². The van der Waals surface area contributed by atoms with Gasteiger partial charge in [-0.2, -0.15) is 0 Å². The fourth-order valence-corrected chi connectivity index (χ4v) is 3.08. The number of rotatable bonds is 2. The molecule has 112 valence electrons. The molecule has 0 bridgehead atoms. The Kier molecular flexibility index (Phi) is 4.26. The van der Waals surface area contributed by atoms with E-state index in [0.29, 0.717) is 12.8 Å². The van der Waals surface area contributed by atoms with Crippen LogP contribution in [0.4, 0.5) is 4.79 Å². The van der Waals surface area contributed by atoms with Gasteiger partial charge in [-0.3, -0.25) is 4.90 Å². The maximum absolute atomic E-state index is 12.5. The van der Waals surface area contributed by atoms with E-state index < -0.39 is 16.7 Å². The van der Waals surface area contributed by atoms with Crippen molar-refractivity contribution in [3.05, 3.63) is 0 Å². The van der Waals surface area contributed by atoms with Crippen LogP contribution in [0.2, 0.25) is 0 Å². The predicted molar refractivity (Wildman–Crippen MR) is 76.1 cm³/mol. The van der Waals surface area contributed by atoms with Gasteiger partial charge in [-0.15, -0.1) is 0 Å². The molecule has 0 saturated carbocycles. The Labute approximate surface area is 117 Å². The first-order valence-electron chi connectivity index (χ1n) is 7.13. The van der Waals surface area contributed by atoms with Crippen molar-refractivity contribution in [3.8, 4) is 0 Å². The number of likely N-dealkylation sites (tertiary alicyclic amines) is 1. The van der Waals surface area contributed by atoms with Crippen molar-refractivity contribution >= 4 is 6.09 Å². The lowest BCUT2D eigenvalue weighted by atomic mass is 9.78. The number of hydrogen-bond acceptors (Lipinski definition) is 3. The van der Waals surface area contributed by atoms with Crippen molar-refractivity contribution in [2.75, 3.05) is 0 Å². The van der Waals surface area contributed by atoms with Gasteiger partial charge in [-0.05, 0) is 60.8 Å². The van der Waals surface area contributed by atoms with Crippen molar-refractivity contribution in [1.82, 2.24) is 4.90 Å². The van der Waals surface area contributed by atoms with Crippen molar-refractivity contribution in [1.29, 1.82) is 0 Å². The van der Waals surface area contributed by atoms with Gasteiger partial charge in [0.2, 0.25) is 0 Å². The quantitative estimate of drug-likeness (QED) is 0.838. The SMILES string of the molecule is CCC(C)(C)OC(=O)N1C(C)(C)CC(O)CC1(C)C. The number of amides is 1. The highest BCUT2D eigenvalue weighted by atomic mass is 16.6. The molecule has 0 aliphatic carbocycles. The minimum Gasteiger partial charge on any atom is -0.443 e. The molecule has 1 aliphatic heterocycles. The highest BCUT2D eigenvalue weighted by molar-refractivity contribution is 5.70. The molecule has 0 radical (unpaired) electrons. The van der Waals surface area contributed by atoms with Crippen LogP contribution in [-0.4, -0.2) is 38.9 Å². The number of aliphatic hydroxyl groups is 1. The summed E-state index contributed by atoms with van der Waals surface area (Å²) in [4.78, 5) is 14.3. The second kappa shape index (κ2) is 4.97. The fraction of sp³-hybridized carbons (Fsp3) is 0.933. The van der Waals surface area contributed by atoms with Crippen LogP contribution in [0.25, 0.3) is 0 Å². The van der Waals surface area contributed by atoms with Crippen LogP contribution in [0.5, 0.6) is 0 Å². The summed E-state index contributed by atoms with van der Waals surface area (Å²) in [6.07, 6.45) is 1.29. The second-order valence-electron chi connectivity index (χ2n) is 7.50. The molecular formula is C15H29NO3. The molecule has 0 aromatic heterocycles. The Morgan fingerprint density at radius 3 is 2.05 bits per heavy atom. The van der Waals surface area contributed by atoms with E-state index in [1.165, 1.54) is 0 Å². The minimum atomic E-state index is -0.459. The summed E-state index contributed by atoms with van der Waals surface area (Å²) >= 11 is 0. The summed E-state index contributed by atoms with van der Waals surface area (Å²) in [6.45, 7) is 13.8. The van der Waals surface area contributed by atoms with E-state index in [2.05, 4.69) is 0 Å². The molecule has 1 saturated heterocycles. The number of carbonyl (C=O) groups is 1. The highest BCUT2D eigenvalue weighted by Gasteiger charge is 2.49. The summed E-state index contributed by atoms with van der Waals surface area (Å²) in [6, 6.07) is 0. The molecule has 19 heavy (non-hydrogen) atoms. The number of piperidine rings is 1. The molecule has 0 unspecified atom stereocenters. The summed E-state index contributed by atoms with van der Waals surface area (Å²) < 4.78 is 5.64. The molecule has 4 heteroatoms. The van der Waals surface area contributed by atoms with Crippen LogP contribution in [-0.2, 0) is 4.74 Å². The maximum Gasteiger partial charge on any atom is 0.411 e. The average Bonchev–Trinajstić information content (AvgIpc) is 2.11. The summed E-state index contributed by atoms with van der Waals surface area (Å²) in [5.41, 5.74) is -1.26. The third kappa shape index (κ3) is 3.62. The third-order valence-corrected chi connectivity index (χ3v) is 4.08. The molecule has 0 atom stereocenters. The van der Waals surface area contributed by atoms with Crippen LogP contribution in [0.3, 0.4) is 0 Å². The van der Waals surface area contributed by atoms with Gasteiger partial charge < -0.3 is 9.84 Å². The van der Waals surface area contributed by atoms with Gasteiger partial charge in [0.15, 0.2) is 0 Å². The predicted octanol–water partition coefficient (Wildman–Crippen LogP) is 3.33. The Bertz CT molecular complexity index is 329. The number of carbonyl (C=O) groups excluding carboxylic acids is 1. The van der Waals surface area contributed by atoms with E-state index in [0.717, 1.165) is 6.42 Å². The van der Waals surface area contributed by atoms with Crippen LogP contribution in [0.1, 0.15) is 67.7 Å². The fourth-order valence-electron chi connectivity index (χ4n) is 3.08. The van der Waals surface area contributed by atoms with Gasteiger partial charge in [0.05, 0.1) is 6.10 Å². The topological polar surface area (TPSA) is 49.8 Å². The van der Waals surface area contributed by atoms with Gasteiger partial charge in [0.1, 0.15) is 5.60 Å². The number of nitrogens with zero attached hydrogens (tertiary/aromatic N) is 1. The Balaban J connectivity index is 2.98. The number of ether oxygens (including phenoxy) is 1. The van der Waals surface area contributed by atoms with Crippen LogP contribution in [0.15, 0.2) is 0 Å². The van der Waals surface area contributed by atoms with Gasteiger partial charge in [-0.25, -0.2) is 4.79 Å². The lowest BCUT2D eigenvalue weighted by Crippen LogP contribution is -2.64. The van der Waals surface area contributed by atoms with Gasteiger partial charge in [0.25, 0.3) is 0 Å². The molecule has 0 aromatic rings. The zero-order valence-electron chi connectivity index (χ0n) is 13.4. The second-order valence-corrected chi connectivity index (χ2v) is 7.50. The molecular weight excluding hydrogens is 242 g/mol. The van der Waals surface area contributed by atoms with Crippen LogP contribution >= 0.6 is 0 Å². The van der Waals surface area contributed by atoms with Crippen molar-refractivity contribution in [2.24, 2.45) is 0 Å². The summed E-state index contributed by atoms with van der Waals surface area (Å²) in [7, 11) is 0. The summed E-state index contributed by atoms with van der Waals surface area (Å²) in [5, 5.41) is 9.98. The molecule has 1 fully saturated rings. The number of hydrogen-bond donors (Lipinski definition) is 1. The Hall–Kier alpha value is -0.770. The molecule has 1 aliphatic rings. The lowest BCUT2D eigenvalue weighted by molar-refractivity contribution is -0.0870. The lowest BCUT2D eigenvalue weighted by Gasteiger charge is -2.53. The molecule has 1 heterocycles. The Morgan fingerprint density at radius 1 is 1.26 bits per heavy atom. The van der Waals surface area contributed by atoms with Gasteiger partial charge >= 0.3 is 6.09 Å². The highest BCUT2D eigenvalue weighted by Crippen LogP contribution is 2.39. The molecule has 0 aromatic carbocycles. The first-order chi connectivity index (χ1) is 8.41. The zero-order valence-corrected chi connectivity index (χ0v) is 13.4. The number of aliphatic hydroxyl groups excluding tert-OH is 1.